The van der Waals surface area contributed by atoms with Crippen molar-refractivity contribution in [3.05, 3.63) is 35.9 Å². The Hall–Kier alpha value is -0.960. The molecule has 1 aliphatic carbocycles. The number of nitrogens with one attached hydrogen (secondary N) is 1. The minimum absolute atomic E-state index is 0.192. The predicted molar refractivity (Wildman–Crippen MR) is 68.7 cm³/mol. The monoisotopic (exact) mass is 235 g/mol. The van der Waals surface area contributed by atoms with E-state index in [2.05, 4.69) is 29.6 Å². The van der Waals surface area contributed by atoms with Crippen LogP contribution in [0.5, 0.6) is 0 Å². The number of amides is 1. The van der Waals surface area contributed by atoms with Crippen LogP contribution < -0.4 is 5.32 Å². The molecule has 1 aromatic rings. The summed E-state index contributed by atoms with van der Waals surface area (Å²) in [5.74, 6) is 1.64. The zero-order valence-electron chi connectivity index (χ0n) is 9.48. The minimum Gasteiger partial charge on any atom is -0.353 e. The van der Waals surface area contributed by atoms with Gasteiger partial charge in [0, 0.05) is 24.1 Å². The molecule has 1 aliphatic rings. The molecule has 1 fully saturated rings. The van der Waals surface area contributed by atoms with Crippen LogP contribution in [-0.4, -0.2) is 24.0 Å². The standard InChI is InChI=1S/C13H17NOS/c1-16-8-7-13(15)14-12-9-11(12)10-5-3-2-4-6-10/h2-6,11-12H,7-9H2,1H3,(H,14,15). The summed E-state index contributed by atoms with van der Waals surface area (Å²) in [6.45, 7) is 0. The number of hydrogen-bond acceptors (Lipinski definition) is 2. The van der Waals surface area contributed by atoms with Crippen molar-refractivity contribution in [3.8, 4) is 0 Å². The maximum Gasteiger partial charge on any atom is 0.221 e. The molecule has 1 saturated carbocycles. The summed E-state index contributed by atoms with van der Waals surface area (Å²) in [7, 11) is 0. The van der Waals surface area contributed by atoms with Gasteiger partial charge in [0.15, 0.2) is 0 Å². The Balaban J connectivity index is 1.77. The summed E-state index contributed by atoms with van der Waals surface area (Å²) in [6, 6.07) is 10.8. The van der Waals surface area contributed by atoms with Gasteiger partial charge in [-0.3, -0.25) is 4.79 Å². The second-order valence-electron chi connectivity index (χ2n) is 4.17. The van der Waals surface area contributed by atoms with Gasteiger partial charge in [0.1, 0.15) is 0 Å². The highest BCUT2D eigenvalue weighted by Crippen LogP contribution is 2.40. The average molecular weight is 235 g/mol. The largest absolute Gasteiger partial charge is 0.353 e. The summed E-state index contributed by atoms with van der Waals surface area (Å²) in [4.78, 5) is 11.5. The van der Waals surface area contributed by atoms with Crippen LogP contribution in [0.4, 0.5) is 0 Å². The SMILES string of the molecule is CSCCC(=O)NC1CC1c1ccccc1. The van der Waals surface area contributed by atoms with E-state index in [0.717, 1.165) is 12.2 Å². The maximum absolute atomic E-state index is 11.5. The molecular formula is C13H17NOS. The number of hydrogen-bond donors (Lipinski definition) is 1. The van der Waals surface area contributed by atoms with Crippen molar-refractivity contribution in [2.75, 3.05) is 12.0 Å². The topological polar surface area (TPSA) is 29.1 Å². The van der Waals surface area contributed by atoms with Crippen LogP contribution in [0.2, 0.25) is 0 Å². The third-order valence-corrected chi connectivity index (χ3v) is 3.51. The number of carbonyl (C=O) groups excluding carboxylic acids is 1. The first-order valence-electron chi connectivity index (χ1n) is 5.64. The van der Waals surface area contributed by atoms with Gasteiger partial charge in [-0.1, -0.05) is 30.3 Å². The molecule has 16 heavy (non-hydrogen) atoms. The van der Waals surface area contributed by atoms with Crippen LogP contribution in [0.25, 0.3) is 0 Å². The molecule has 2 unspecified atom stereocenters. The first kappa shape index (κ1) is 11.5. The molecule has 0 radical (unpaired) electrons. The van der Waals surface area contributed by atoms with Crippen molar-refractivity contribution in [1.82, 2.24) is 5.32 Å². The quantitative estimate of drug-likeness (QED) is 0.849. The third kappa shape index (κ3) is 3.01. The Bertz CT molecular complexity index is 352. The Morgan fingerprint density at radius 3 is 2.88 bits per heavy atom. The van der Waals surface area contributed by atoms with Crippen molar-refractivity contribution in [3.63, 3.8) is 0 Å². The van der Waals surface area contributed by atoms with E-state index in [4.69, 9.17) is 0 Å². The summed E-state index contributed by atoms with van der Waals surface area (Å²) >= 11 is 1.71. The normalized spacial score (nSPS) is 22.8. The fourth-order valence-corrected chi connectivity index (χ4v) is 2.29. The van der Waals surface area contributed by atoms with Crippen LogP contribution in [0.1, 0.15) is 24.3 Å². The van der Waals surface area contributed by atoms with Crippen molar-refractivity contribution >= 4 is 17.7 Å². The lowest BCUT2D eigenvalue weighted by molar-refractivity contribution is -0.120. The number of rotatable bonds is 5. The molecule has 0 heterocycles. The van der Waals surface area contributed by atoms with Crippen molar-refractivity contribution in [1.29, 1.82) is 0 Å². The van der Waals surface area contributed by atoms with E-state index in [1.807, 2.05) is 12.3 Å². The van der Waals surface area contributed by atoms with Crippen LogP contribution >= 0.6 is 11.8 Å². The van der Waals surface area contributed by atoms with Crippen molar-refractivity contribution in [2.24, 2.45) is 0 Å². The number of thioether (sulfide) groups is 1. The smallest absolute Gasteiger partial charge is 0.221 e. The molecule has 2 rings (SSSR count). The summed E-state index contributed by atoms with van der Waals surface area (Å²) in [5.41, 5.74) is 1.35. The molecule has 0 spiro atoms. The van der Waals surface area contributed by atoms with Crippen LogP contribution in [0.3, 0.4) is 0 Å². The molecule has 2 nitrogen and oxygen atoms in total. The highest BCUT2D eigenvalue weighted by atomic mass is 32.2. The third-order valence-electron chi connectivity index (χ3n) is 2.90. The summed E-state index contributed by atoms with van der Waals surface area (Å²) < 4.78 is 0. The average Bonchev–Trinajstić information content (AvgIpc) is 3.07. The molecule has 0 aromatic heterocycles. The van der Waals surface area contributed by atoms with Crippen molar-refractivity contribution < 1.29 is 4.79 Å². The Kier molecular flexibility index (Phi) is 3.88. The Morgan fingerprint density at radius 2 is 2.19 bits per heavy atom. The molecule has 1 amide bonds. The first-order valence-corrected chi connectivity index (χ1v) is 7.04. The van der Waals surface area contributed by atoms with Crippen LogP contribution in [0.15, 0.2) is 30.3 Å². The lowest BCUT2D eigenvalue weighted by Gasteiger charge is -2.03. The molecule has 1 N–H and O–H groups in total. The Labute approximate surface area is 101 Å². The van der Waals surface area contributed by atoms with Gasteiger partial charge in [-0.15, -0.1) is 0 Å². The molecule has 2 atom stereocenters. The highest BCUT2D eigenvalue weighted by Gasteiger charge is 2.38. The van der Waals surface area contributed by atoms with E-state index in [1.54, 1.807) is 11.8 Å². The highest BCUT2D eigenvalue weighted by molar-refractivity contribution is 7.98. The molecule has 0 saturated heterocycles. The second-order valence-corrected chi connectivity index (χ2v) is 5.16. The minimum atomic E-state index is 0.192. The van der Waals surface area contributed by atoms with Gasteiger partial charge in [-0.25, -0.2) is 0 Å². The van der Waals surface area contributed by atoms with Crippen molar-refractivity contribution in [2.45, 2.75) is 24.8 Å². The van der Waals surface area contributed by atoms with E-state index in [-0.39, 0.29) is 5.91 Å². The fourth-order valence-electron chi connectivity index (χ4n) is 1.90. The van der Waals surface area contributed by atoms with Gasteiger partial charge < -0.3 is 5.32 Å². The molecular weight excluding hydrogens is 218 g/mol. The van der Waals surface area contributed by atoms with Gasteiger partial charge in [0.05, 0.1) is 0 Å². The predicted octanol–water partition coefficient (Wildman–Crippen LogP) is 2.41. The molecule has 3 heteroatoms. The lowest BCUT2D eigenvalue weighted by atomic mass is 10.1. The zero-order chi connectivity index (χ0) is 11.4. The van der Waals surface area contributed by atoms with Gasteiger partial charge in [0.2, 0.25) is 5.91 Å². The van der Waals surface area contributed by atoms with Gasteiger partial charge in [-0.2, -0.15) is 11.8 Å². The van der Waals surface area contributed by atoms with Gasteiger partial charge >= 0.3 is 0 Å². The van der Waals surface area contributed by atoms with E-state index >= 15 is 0 Å². The van der Waals surface area contributed by atoms with E-state index in [9.17, 15) is 4.79 Å². The molecule has 0 aliphatic heterocycles. The lowest BCUT2D eigenvalue weighted by Crippen LogP contribution is -2.26. The number of benzene rings is 1. The van der Waals surface area contributed by atoms with Gasteiger partial charge in [-0.05, 0) is 18.2 Å². The summed E-state index contributed by atoms with van der Waals surface area (Å²) in [6.07, 6.45) is 3.76. The second kappa shape index (κ2) is 5.39. The fraction of sp³-hybridized carbons (Fsp3) is 0.462. The zero-order valence-corrected chi connectivity index (χ0v) is 10.3. The first-order chi connectivity index (χ1) is 7.81. The summed E-state index contributed by atoms with van der Waals surface area (Å²) in [5, 5.41) is 3.08. The van der Waals surface area contributed by atoms with Gasteiger partial charge in [0.25, 0.3) is 0 Å². The molecule has 86 valence electrons. The maximum atomic E-state index is 11.5. The van der Waals surface area contributed by atoms with Crippen LogP contribution in [0, 0.1) is 0 Å². The van der Waals surface area contributed by atoms with Crippen LogP contribution in [-0.2, 0) is 4.79 Å². The molecule has 0 bridgehead atoms. The van der Waals surface area contributed by atoms with E-state index in [0.29, 0.717) is 18.4 Å². The Morgan fingerprint density at radius 1 is 1.44 bits per heavy atom. The van der Waals surface area contributed by atoms with E-state index in [1.165, 1.54) is 5.56 Å². The molecule has 1 aromatic carbocycles. The van der Waals surface area contributed by atoms with E-state index < -0.39 is 0 Å². The number of carbonyl (C=O) groups is 1.